The van der Waals surface area contributed by atoms with Crippen LogP contribution in [-0.2, 0) is 9.47 Å². The highest BCUT2D eigenvalue weighted by atomic mass is 32.1. The minimum atomic E-state index is -1.01. The molecule has 3 aliphatic heterocycles. The molecule has 3 fully saturated rings. The summed E-state index contributed by atoms with van der Waals surface area (Å²) >= 11 is 1.34. The van der Waals surface area contributed by atoms with Crippen LogP contribution in [0.3, 0.4) is 0 Å². The molecule has 13 heteroatoms. The maximum absolute atomic E-state index is 16.0. The first-order chi connectivity index (χ1) is 21.9. The van der Waals surface area contributed by atoms with Crippen LogP contribution in [0.15, 0.2) is 59.0 Å². The standard InChI is InChI=1S/C32H26F2N4O6S/c1-42-32(41)44-15-43-28-22(39)12-13-36-27(28)31(40)37-17-8-6-16(7-9-17)30(37)38(36)26-18-4-2-3-5-19(18)29-25(35-14-45-29)23-20(26)10-11-21(33)24(23)34/h2-5,10-14,16-17,26,30H,6-9,15H2,1H3/t16?,17?,26-,30?/m1/s1. The Balaban J connectivity index is 1.41. The summed E-state index contributed by atoms with van der Waals surface area (Å²) in [6, 6.07) is 10.8. The normalized spacial score (nSPS) is 22.4. The number of piperidine rings is 2. The van der Waals surface area contributed by atoms with Crippen LogP contribution in [0.25, 0.3) is 21.7 Å². The Kier molecular flexibility index (Phi) is 6.41. The lowest BCUT2D eigenvalue weighted by molar-refractivity contribution is -0.0259. The summed E-state index contributed by atoms with van der Waals surface area (Å²) in [5.74, 6) is -2.59. The third-order valence-electron chi connectivity index (χ3n) is 9.37. The van der Waals surface area contributed by atoms with Crippen molar-refractivity contribution in [2.75, 3.05) is 18.9 Å². The van der Waals surface area contributed by atoms with Crippen LogP contribution in [0, 0.1) is 17.6 Å². The van der Waals surface area contributed by atoms with Gasteiger partial charge in [-0.3, -0.25) is 19.3 Å². The Morgan fingerprint density at radius 3 is 2.64 bits per heavy atom. The monoisotopic (exact) mass is 632 g/mol. The van der Waals surface area contributed by atoms with Gasteiger partial charge in [0.1, 0.15) is 6.17 Å². The van der Waals surface area contributed by atoms with E-state index in [1.165, 1.54) is 23.6 Å². The number of hydrogen-bond donors (Lipinski definition) is 0. The third-order valence-corrected chi connectivity index (χ3v) is 10.2. The second kappa shape index (κ2) is 10.4. The van der Waals surface area contributed by atoms with Crippen molar-refractivity contribution in [3.05, 3.63) is 92.9 Å². The molecule has 0 radical (unpaired) electrons. The molecule has 0 N–H and O–H groups in total. The van der Waals surface area contributed by atoms with E-state index < -0.39 is 42.2 Å². The number of rotatable bonds is 4. The average Bonchev–Trinajstić information content (AvgIpc) is 3.51. The van der Waals surface area contributed by atoms with E-state index in [1.807, 2.05) is 34.2 Å². The Morgan fingerprint density at radius 2 is 1.84 bits per heavy atom. The van der Waals surface area contributed by atoms with Crippen LogP contribution in [-0.4, -0.2) is 52.7 Å². The van der Waals surface area contributed by atoms with Gasteiger partial charge >= 0.3 is 6.16 Å². The largest absolute Gasteiger partial charge is 0.510 e. The number of nitrogens with zero attached hydrogens (tertiary/aromatic N) is 4. The van der Waals surface area contributed by atoms with Gasteiger partial charge in [0, 0.05) is 23.9 Å². The lowest BCUT2D eigenvalue weighted by atomic mass is 9.76. The molecular weight excluding hydrogens is 606 g/mol. The van der Waals surface area contributed by atoms with Crippen LogP contribution in [0.1, 0.15) is 53.3 Å². The van der Waals surface area contributed by atoms with Crippen LogP contribution in [0.2, 0.25) is 0 Å². The summed E-state index contributed by atoms with van der Waals surface area (Å²) in [7, 11) is 1.14. The fraction of sp³-hybridized carbons (Fsp3) is 0.312. The van der Waals surface area contributed by atoms with Crippen molar-refractivity contribution in [3.8, 4) is 27.4 Å². The van der Waals surface area contributed by atoms with Gasteiger partial charge in [-0.25, -0.2) is 18.6 Å². The van der Waals surface area contributed by atoms with Gasteiger partial charge in [-0.05, 0) is 54.4 Å². The van der Waals surface area contributed by atoms with Crippen molar-refractivity contribution in [1.29, 1.82) is 0 Å². The summed E-state index contributed by atoms with van der Waals surface area (Å²) < 4.78 is 47.6. The molecule has 5 heterocycles. The molecule has 1 unspecified atom stereocenters. The summed E-state index contributed by atoms with van der Waals surface area (Å²) in [5, 5.41) is 2.01. The Labute approximate surface area is 259 Å². The third kappa shape index (κ3) is 4.02. The Hall–Kier alpha value is -4.78. The summed E-state index contributed by atoms with van der Waals surface area (Å²) in [4.78, 5) is 46.3. The minimum absolute atomic E-state index is 0.0430. The maximum Gasteiger partial charge on any atom is 0.510 e. The fourth-order valence-corrected chi connectivity index (χ4v) is 8.40. The molecule has 2 atom stereocenters. The highest BCUT2D eigenvalue weighted by molar-refractivity contribution is 7.13. The second-order valence-electron chi connectivity index (χ2n) is 11.5. The van der Waals surface area contributed by atoms with Crippen molar-refractivity contribution < 1.29 is 32.6 Å². The fourth-order valence-electron chi connectivity index (χ4n) is 7.55. The Bertz CT molecular complexity index is 1940. The van der Waals surface area contributed by atoms with Gasteiger partial charge in [-0.1, -0.05) is 30.3 Å². The number of pyridine rings is 1. The van der Waals surface area contributed by atoms with E-state index in [1.54, 1.807) is 16.3 Å². The number of benzene rings is 2. The Morgan fingerprint density at radius 1 is 1.04 bits per heavy atom. The van der Waals surface area contributed by atoms with Crippen LogP contribution >= 0.6 is 11.3 Å². The van der Waals surface area contributed by atoms with E-state index >= 15 is 4.39 Å². The smallest absolute Gasteiger partial charge is 0.451 e. The lowest BCUT2D eigenvalue weighted by Gasteiger charge is -2.59. The zero-order valence-electron chi connectivity index (χ0n) is 23.9. The number of ether oxygens (including phenoxy) is 3. The molecule has 1 saturated carbocycles. The quantitative estimate of drug-likeness (QED) is 0.217. The molecule has 10 nitrogen and oxygen atoms in total. The number of amides is 1. The van der Waals surface area contributed by atoms with E-state index in [-0.39, 0.29) is 34.9 Å². The van der Waals surface area contributed by atoms with E-state index in [4.69, 9.17) is 9.47 Å². The predicted molar refractivity (Wildman–Crippen MR) is 158 cm³/mol. The van der Waals surface area contributed by atoms with Crippen molar-refractivity contribution in [2.45, 2.75) is 43.9 Å². The average molecular weight is 633 g/mol. The van der Waals surface area contributed by atoms with E-state index in [9.17, 15) is 18.8 Å². The molecule has 230 valence electrons. The number of aromatic nitrogens is 2. The van der Waals surface area contributed by atoms with E-state index in [2.05, 4.69) is 9.72 Å². The van der Waals surface area contributed by atoms with Crippen molar-refractivity contribution in [1.82, 2.24) is 14.6 Å². The topological polar surface area (TPSA) is 103 Å². The summed E-state index contributed by atoms with van der Waals surface area (Å²) in [6.45, 7) is -0.660. The number of fused-ring (bicyclic) bond motifs is 8. The number of thiazole rings is 1. The van der Waals surface area contributed by atoms with Crippen LogP contribution in [0.4, 0.5) is 13.6 Å². The molecular formula is C32H26F2N4O6S. The molecule has 2 bridgehead atoms. The number of halogens is 2. The van der Waals surface area contributed by atoms with Crippen molar-refractivity contribution in [3.63, 3.8) is 0 Å². The minimum Gasteiger partial charge on any atom is -0.451 e. The van der Waals surface area contributed by atoms with Crippen LogP contribution in [0.5, 0.6) is 5.75 Å². The molecule has 2 aliphatic carbocycles. The van der Waals surface area contributed by atoms with Gasteiger partial charge in [0.15, 0.2) is 17.3 Å². The maximum atomic E-state index is 16.0. The number of methoxy groups -OCH3 is 1. The van der Waals surface area contributed by atoms with Gasteiger partial charge in [0.05, 0.1) is 29.2 Å². The number of carbonyl (C=O) groups is 2. The lowest BCUT2D eigenvalue weighted by Crippen LogP contribution is -2.70. The molecule has 0 spiro atoms. The first-order valence-corrected chi connectivity index (χ1v) is 15.5. The van der Waals surface area contributed by atoms with E-state index in [0.29, 0.717) is 16.1 Å². The molecule has 45 heavy (non-hydrogen) atoms. The number of carbonyl (C=O) groups excluding carboxylic acids is 2. The molecule has 2 saturated heterocycles. The van der Waals surface area contributed by atoms with Crippen LogP contribution < -0.4 is 15.2 Å². The summed E-state index contributed by atoms with van der Waals surface area (Å²) in [5.41, 5.74) is 3.50. The molecule has 1 amide bonds. The molecule has 9 rings (SSSR count). The van der Waals surface area contributed by atoms with Gasteiger partial charge in [-0.15, -0.1) is 11.3 Å². The SMILES string of the molecule is COC(=O)OCOc1c2n(ccc1=O)N([C@@H]1c3ccccc3-c3scnc3-c3c1ccc(F)c3F)C1C3CCC(CC3)N1C2=O. The number of hydrogen-bond acceptors (Lipinski definition) is 9. The zero-order valence-corrected chi connectivity index (χ0v) is 24.8. The molecule has 5 aliphatic rings. The molecule has 2 aromatic heterocycles. The van der Waals surface area contributed by atoms with Gasteiger partial charge in [0.2, 0.25) is 18.0 Å². The van der Waals surface area contributed by atoms with Crippen molar-refractivity contribution in [2.24, 2.45) is 5.92 Å². The first-order valence-electron chi connectivity index (χ1n) is 14.6. The predicted octanol–water partition coefficient (Wildman–Crippen LogP) is 5.43. The first kappa shape index (κ1) is 27.7. The molecule has 4 aromatic rings. The highest BCUT2D eigenvalue weighted by Crippen LogP contribution is 2.52. The van der Waals surface area contributed by atoms with E-state index in [0.717, 1.165) is 50.0 Å². The van der Waals surface area contributed by atoms with Crippen molar-refractivity contribution >= 4 is 23.4 Å². The van der Waals surface area contributed by atoms with Gasteiger partial charge < -0.3 is 19.1 Å². The van der Waals surface area contributed by atoms with Gasteiger partial charge in [-0.2, -0.15) is 0 Å². The second-order valence-corrected chi connectivity index (χ2v) is 12.3. The molecule has 2 aromatic carbocycles. The highest BCUT2D eigenvalue weighted by Gasteiger charge is 2.54. The summed E-state index contributed by atoms with van der Waals surface area (Å²) in [6.07, 6.45) is 3.43. The zero-order chi connectivity index (χ0) is 31.0. The van der Waals surface area contributed by atoms with Gasteiger partial charge in [0.25, 0.3) is 5.91 Å².